The summed E-state index contributed by atoms with van der Waals surface area (Å²) in [5.41, 5.74) is -1.03. The van der Waals surface area contributed by atoms with Gasteiger partial charge in [0.25, 0.3) is 0 Å². The highest BCUT2D eigenvalue weighted by molar-refractivity contribution is 5.78. The fourth-order valence-corrected chi connectivity index (χ4v) is 2.56. The highest BCUT2D eigenvalue weighted by Crippen LogP contribution is 2.26. The number of rotatable bonds is 10. The summed E-state index contributed by atoms with van der Waals surface area (Å²) in [5.74, 6) is -0.371. The minimum atomic E-state index is -1.03. The number of aliphatic hydroxyl groups is 1. The lowest BCUT2D eigenvalue weighted by atomic mass is 9.94. The molecule has 0 amide bonds. The second-order valence-corrected chi connectivity index (χ2v) is 6.65. The van der Waals surface area contributed by atoms with Gasteiger partial charge in [0, 0.05) is 0 Å². The third-order valence-corrected chi connectivity index (χ3v) is 3.77. The summed E-state index contributed by atoms with van der Waals surface area (Å²) >= 11 is 0. The molecule has 1 fully saturated rings. The van der Waals surface area contributed by atoms with Crippen LogP contribution >= 0.6 is 0 Å². The van der Waals surface area contributed by atoms with Crippen molar-refractivity contribution >= 4 is 5.97 Å². The van der Waals surface area contributed by atoms with Crippen LogP contribution < -0.4 is 0 Å². The average Bonchev–Trinajstić information content (AvgIpc) is 2.48. The van der Waals surface area contributed by atoms with Gasteiger partial charge in [-0.3, -0.25) is 0 Å². The van der Waals surface area contributed by atoms with Crippen LogP contribution in [0.3, 0.4) is 0 Å². The van der Waals surface area contributed by atoms with Gasteiger partial charge in [0.15, 0.2) is 5.60 Å². The van der Waals surface area contributed by atoms with Gasteiger partial charge in [0.05, 0.1) is 38.6 Å². The van der Waals surface area contributed by atoms with E-state index in [-0.39, 0.29) is 44.1 Å². The van der Waals surface area contributed by atoms with Crippen molar-refractivity contribution in [3.63, 3.8) is 0 Å². The molecule has 0 aliphatic heterocycles. The molecule has 0 aromatic carbocycles. The molecule has 1 saturated carbocycles. The van der Waals surface area contributed by atoms with Crippen LogP contribution in [0.5, 0.6) is 0 Å². The maximum Gasteiger partial charge on any atom is 0.338 e. The minimum Gasteiger partial charge on any atom is -0.457 e. The van der Waals surface area contributed by atoms with Gasteiger partial charge in [-0.15, -0.1) is 0 Å². The largest absolute Gasteiger partial charge is 0.457 e. The monoisotopic (exact) mass is 332 g/mol. The van der Waals surface area contributed by atoms with E-state index in [0.717, 1.165) is 25.7 Å². The lowest BCUT2D eigenvalue weighted by molar-refractivity contribution is -0.187. The van der Waals surface area contributed by atoms with E-state index in [1.807, 2.05) is 13.8 Å². The van der Waals surface area contributed by atoms with Crippen LogP contribution in [0.1, 0.15) is 53.4 Å². The van der Waals surface area contributed by atoms with E-state index >= 15 is 0 Å². The topological polar surface area (TPSA) is 74.2 Å². The van der Waals surface area contributed by atoms with Gasteiger partial charge >= 0.3 is 5.97 Å². The fraction of sp³-hybridized carbons (Fsp3) is 0.941. The minimum absolute atomic E-state index is 0.0235. The van der Waals surface area contributed by atoms with E-state index in [1.54, 1.807) is 13.8 Å². The third kappa shape index (κ3) is 7.61. The first-order valence-electron chi connectivity index (χ1n) is 8.56. The number of hydrogen-bond acceptors (Lipinski definition) is 6. The van der Waals surface area contributed by atoms with Crippen LogP contribution in [0.2, 0.25) is 0 Å². The van der Waals surface area contributed by atoms with E-state index < -0.39 is 5.60 Å². The molecule has 0 aromatic rings. The molecule has 6 nitrogen and oxygen atoms in total. The standard InChI is InChI=1S/C17H32O6/c1-13(2)22-14-7-5-6-8-15(14)23-16(19)17(3,4)21-12-11-20-10-9-18/h13-15,18H,5-12H2,1-4H3. The first-order valence-corrected chi connectivity index (χ1v) is 8.56. The Bertz CT molecular complexity index is 342. The molecule has 23 heavy (non-hydrogen) atoms. The Hall–Kier alpha value is -0.690. The molecular formula is C17H32O6. The van der Waals surface area contributed by atoms with Crippen molar-refractivity contribution in [3.8, 4) is 0 Å². The van der Waals surface area contributed by atoms with E-state index in [1.165, 1.54) is 0 Å². The summed E-state index contributed by atoms with van der Waals surface area (Å²) < 4.78 is 22.3. The van der Waals surface area contributed by atoms with Crippen molar-refractivity contribution in [1.82, 2.24) is 0 Å². The van der Waals surface area contributed by atoms with E-state index in [4.69, 9.17) is 24.1 Å². The van der Waals surface area contributed by atoms with Gasteiger partial charge in [-0.1, -0.05) is 6.42 Å². The molecule has 1 aliphatic carbocycles. The van der Waals surface area contributed by atoms with Crippen LogP contribution in [0.15, 0.2) is 0 Å². The number of esters is 1. The number of hydrogen-bond donors (Lipinski definition) is 1. The fourth-order valence-electron chi connectivity index (χ4n) is 2.56. The number of aliphatic hydroxyl groups excluding tert-OH is 1. The SMILES string of the molecule is CC(C)OC1CCCCC1OC(=O)C(C)(C)OCCOCCO. The Balaban J connectivity index is 2.44. The van der Waals surface area contributed by atoms with Gasteiger partial charge in [0.2, 0.25) is 0 Å². The highest BCUT2D eigenvalue weighted by atomic mass is 16.6. The van der Waals surface area contributed by atoms with Gasteiger partial charge in [0.1, 0.15) is 6.10 Å². The van der Waals surface area contributed by atoms with Crippen LogP contribution in [0, 0.1) is 0 Å². The summed E-state index contributed by atoms with van der Waals surface area (Å²) in [6.07, 6.45) is 3.79. The Kier molecular flexibility index (Phi) is 9.06. The quantitative estimate of drug-likeness (QED) is 0.488. The summed E-state index contributed by atoms with van der Waals surface area (Å²) in [4.78, 5) is 12.4. The van der Waals surface area contributed by atoms with Crippen molar-refractivity contribution in [2.75, 3.05) is 26.4 Å². The molecule has 0 heterocycles. The lowest BCUT2D eigenvalue weighted by Crippen LogP contribution is -2.44. The number of carbonyl (C=O) groups excluding carboxylic acids is 1. The first kappa shape index (κ1) is 20.4. The Morgan fingerprint density at radius 1 is 1.13 bits per heavy atom. The van der Waals surface area contributed by atoms with Gasteiger partial charge < -0.3 is 24.1 Å². The molecule has 6 heteroatoms. The van der Waals surface area contributed by atoms with Gasteiger partial charge in [-0.05, 0) is 47.0 Å². The smallest absolute Gasteiger partial charge is 0.338 e. The Morgan fingerprint density at radius 2 is 1.78 bits per heavy atom. The molecule has 0 bridgehead atoms. The highest BCUT2D eigenvalue weighted by Gasteiger charge is 2.36. The molecule has 2 atom stereocenters. The molecule has 0 saturated heterocycles. The zero-order chi connectivity index (χ0) is 17.3. The van der Waals surface area contributed by atoms with Crippen molar-refractivity contribution in [2.45, 2.75) is 77.3 Å². The summed E-state index contributed by atoms with van der Waals surface area (Å²) in [6.45, 7) is 8.23. The van der Waals surface area contributed by atoms with E-state index in [9.17, 15) is 4.79 Å². The van der Waals surface area contributed by atoms with Crippen LogP contribution in [-0.4, -0.2) is 61.4 Å². The van der Waals surface area contributed by atoms with Crippen LogP contribution in [-0.2, 0) is 23.7 Å². The van der Waals surface area contributed by atoms with Crippen molar-refractivity contribution < 1.29 is 28.8 Å². The predicted octanol–water partition coefficient (Wildman–Crippen LogP) is 2.07. The van der Waals surface area contributed by atoms with Crippen molar-refractivity contribution in [3.05, 3.63) is 0 Å². The first-order chi connectivity index (χ1) is 10.9. The molecule has 0 radical (unpaired) electrons. The molecular weight excluding hydrogens is 300 g/mol. The average molecular weight is 332 g/mol. The van der Waals surface area contributed by atoms with Gasteiger partial charge in [-0.2, -0.15) is 0 Å². The number of ether oxygens (including phenoxy) is 4. The normalized spacial score (nSPS) is 22.3. The maximum atomic E-state index is 12.4. The predicted molar refractivity (Wildman–Crippen MR) is 86.3 cm³/mol. The van der Waals surface area contributed by atoms with Gasteiger partial charge in [-0.25, -0.2) is 4.79 Å². The second kappa shape index (κ2) is 10.2. The van der Waals surface area contributed by atoms with E-state index in [0.29, 0.717) is 6.61 Å². The Labute approximate surface area is 139 Å². The van der Waals surface area contributed by atoms with Crippen molar-refractivity contribution in [2.24, 2.45) is 0 Å². The molecule has 1 N–H and O–H groups in total. The van der Waals surface area contributed by atoms with Crippen LogP contribution in [0.4, 0.5) is 0 Å². The molecule has 1 aliphatic rings. The lowest BCUT2D eigenvalue weighted by Gasteiger charge is -2.34. The Morgan fingerprint density at radius 3 is 2.39 bits per heavy atom. The zero-order valence-corrected chi connectivity index (χ0v) is 14.9. The van der Waals surface area contributed by atoms with Crippen molar-refractivity contribution in [1.29, 1.82) is 0 Å². The summed E-state index contributed by atoms with van der Waals surface area (Å²) in [7, 11) is 0. The molecule has 2 unspecified atom stereocenters. The molecule has 1 rings (SSSR count). The van der Waals surface area contributed by atoms with Crippen LogP contribution in [0.25, 0.3) is 0 Å². The molecule has 0 aromatic heterocycles. The zero-order valence-electron chi connectivity index (χ0n) is 14.9. The third-order valence-electron chi connectivity index (χ3n) is 3.77. The summed E-state index contributed by atoms with van der Waals surface area (Å²) in [6, 6.07) is 0. The molecule has 136 valence electrons. The number of carbonyl (C=O) groups is 1. The summed E-state index contributed by atoms with van der Waals surface area (Å²) in [5, 5.41) is 8.63. The second-order valence-electron chi connectivity index (χ2n) is 6.65. The van der Waals surface area contributed by atoms with E-state index in [2.05, 4.69) is 0 Å². The molecule has 0 spiro atoms. The maximum absolute atomic E-state index is 12.4.